The molecule has 1 saturated heterocycles. The summed E-state index contributed by atoms with van der Waals surface area (Å²) in [5, 5.41) is 6.59. The number of nitrogens with one attached hydrogen (secondary N) is 2. The predicted molar refractivity (Wildman–Crippen MR) is 111 cm³/mol. The van der Waals surface area contributed by atoms with Crippen LogP contribution in [0.3, 0.4) is 0 Å². The fourth-order valence-corrected chi connectivity index (χ4v) is 3.68. The van der Waals surface area contributed by atoms with Crippen molar-refractivity contribution in [3.05, 3.63) is 30.1 Å². The molecular formula is C19H30Cl2N4O. The van der Waals surface area contributed by atoms with Crippen molar-refractivity contribution in [1.82, 2.24) is 20.2 Å². The summed E-state index contributed by atoms with van der Waals surface area (Å²) in [6.07, 6.45) is 1.81. The summed E-state index contributed by atoms with van der Waals surface area (Å²) < 4.78 is 2.23. The zero-order valence-corrected chi connectivity index (χ0v) is 17.5. The van der Waals surface area contributed by atoms with Crippen LogP contribution in [0.5, 0.6) is 0 Å². The summed E-state index contributed by atoms with van der Waals surface area (Å²) in [4.78, 5) is 17.4. The first-order valence-corrected chi connectivity index (χ1v) is 8.98. The van der Waals surface area contributed by atoms with Crippen molar-refractivity contribution < 1.29 is 4.79 Å². The molecule has 1 amide bonds. The van der Waals surface area contributed by atoms with Crippen LogP contribution >= 0.6 is 24.8 Å². The second kappa shape index (κ2) is 9.58. The highest BCUT2D eigenvalue weighted by atomic mass is 35.5. The third kappa shape index (κ3) is 4.70. The summed E-state index contributed by atoms with van der Waals surface area (Å²) in [6, 6.07) is 8.76. The van der Waals surface area contributed by atoms with Gasteiger partial charge in [0, 0.05) is 18.0 Å². The van der Waals surface area contributed by atoms with E-state index in [0.29, 0.717) is 12.1 Å². The van der Waals surface area contributed by atoms with Crippen molar-refractivity contribution >= 4 is 41.8 Å². The van der Waals surface area contributed by atoms with Gasteiger partial charge in [0.2, 0.25) is 5.91 Å². The van der Waals surface area contributed by atoms with Crippen LogP contribution in [0.4, 0.5) is 0 Å². The Kier molecular flexibility index (Phi) is 8.38. The van der Waals surface area contributed by atoms with Gasteiger partial charge < -0.3 is 15.2 Å². The molecular weight excluding hydrogens is 371 g/mol. The maximum Gasteiger partial charge on any atom is 0.223 e. The lowest BCUT2D eigenvalue weighted by molar-refractivity contribution is -0.126. The van der Waals surface area contributed by atoms with Crippen LogP contribution in [0.25, 0.3) is 11.0 Å². The highest BCUT2D eigenvalue weighted by Gasteiger charge is 2.27. The number of halogens is 2. The average molecular weight is 401 g/mol. The Morgan fingerprint density at radius 1 is 1.27 bits per heavy atom. The van der Waals surface area contributed by atoms with Gasteiger partial charge in [0.25, 0.3) is 0 Å². The first-order valence-electron chi connectivity index (χ1n) is 8.98. The number of para-hydroxylation sites is 2. The number of fused-ring (bicyclic) bond motifs is 1. The summed E-state index contributed by atoms with van der Waals surface area (Å²) in [7, 11) is 0. The quantitative estimate of drug-likeness (QED) is 0.814. The second-order valence-corrected chi connectivity index (χ2v) is 7.23. The van der Waals surface area contributed by atoms with Gasteiger partial charge in [-0.05, 0) is 59.2 Å². The zero-order chi connectivity index (χ0) is 17.3. The van der Waals surface area contributed by atoms with E-state index in [4.69, 9.17) is 4.98 Å². The van der Waals surface area contributed by atoms with E-state index in [2.05, 4.69) is 42.0 Å². The molecule has 0 bridgehead atoms. The SMILES string of the molecule is CC(NC(=O)[C@H]1CCN[C@@H](C)C1)c1nc2ccccc2n1C(C)C.Cl.Cl. The Morgan fingerprint density at radius 3 is 2.62 bits per heavy atom. The van der Waals surface area contributed by atoms with Gasteiger partial charge >= 0.3 is 0 Å². The number of carbonyl (C=O) groups is 1. The van der Waals surface area contributed by atoms with Gasteiger partial charge in [-0.25, -0.2) is 4.98 Å². The number of nitrogens with zero attached hydrogens (tertiary/aromatic N) is 2. The van der Waals surface area contributed by atoms with E-state index in [0.717, 1.165) is 36.2 Å². The molecule has 3 rings (SSSR count). The molecule has 7 heteroatoms. The third-order valence-corrected chi connectivity index (χ3v) is 4.88. The van der Waals surface area contributed by atoms with E-state index in [9.17, 15) is 4.79 Å². The molecule has 1 fully saturated rings. The van der Waals surface area contributed by atoms with Gasteiger partial charge in [-0.2, -0.15) is 0 Å². The van der Waals surface area contributed by atoms with Crippen LogP contribution in [-0.2, 0) is 4.79 Å². The Balaban J connectivity index is 0.00000169. The van der Waals surface area contributed by atoms with Gasteiger partial charge in [-0.15, -0.1) is 24.8 Å². The van der Waals surface area contributed by atoms with Crippen molar-refractivity contribution in [2.75, 3.05) is 6.54 Å². The predicted octanol–water partition coefficient (Wildman–Crippen LogP) is 4.03. The van der Waals surface area contributed by atoms with Gasteiger partial charge in [-0.1, -0.05) is 12.1 Å². The van der Waals surface area contributed by atoms with Crippen LogP contribution in [0.15, 0.2) is 24.3 Å². The standard InChI is InChI=1S/C19H28N4O.2ClH/c1-12(2)23-17-8-6-5-7-16(17)22-18(23)14(4)21-19(24)15-9-10-20-13(3)11-15;;/h5-8,12-15,20H,9-11H2,1-4H3,(H,21,24);2*1H/t13-,14?,15-;;/m0../s1. The van der Waals surface area contributed by atoms with E-state index in [1.165, 1.54) is 0 Å². The second-order valence-electron chi connectivity index (χ2n) is 7.23. The highest BCUT2D eigenvalue weighted by molar-refractivity contribution is 5.85. The molecule has 0 spiro atoms. The minimum Gasteiger partial charge on any atom is -0.346 e. The van der Waals surface area contributed by atoms with Crippen molar-refractivity contribution in [2.24, 2.45) is 5.92 Å². The van der Waals surface area contributed by atoms with Crippen LogP contribution in [0.1, 0.15) is 58.4 Å². The molecule has 2 N–H and O–H groups in total. The molecule has 1 aromatic carbocycles. The number of hydrogen-bond acceptors (Lipinski definition) is 3. The molecule has 1 aromatic heterocycles. The van der Waals surface area contributed by atoms with E-state index in [1.807, 2.05) is 25.1 Å². The normalized spacial score (nSPS) is 21.0. The number of benzene rings is 1. The smallest absolute Gasteiger partial charge is 0.223 e. The summed E-state index contributed by atoms with van der Waals surface area (Å²) in [5.74, 6) is 1.18. The van der Waals surface area contributed by atoms with Gasteiger partial charge in [-0.3, -0.25) is 4.79 Å². The van der Waals surface area contributed by atoms with Gasteiger partial charge in [0.15, 0.2) is 0 Å². The van der Waals surface area contributed by atoms with E-state index >= 15 is 0 Å². The molecule has 3 atom stereocenters. The lowest BCUT2D eigenvalue weighted by Gasteiger charge is -2.28. The fourth-order valence-electron chi connectivity index (χ4n) is 3.68. The van der Waals surface area contributed by atoms with E-state index in [1.54, 1.807) is 0 Å². The van der Waals surface area contributed by atoms with Crippen molar-refractivity contribution in [2.45, 2.75) is 58.7 Å². The van der Waals surface area contributed by atoms with Gasteiger partial charge in [0.1, 0.15) is 5.82 Å². The van der Waals surface area contributed by atoms with Crippen molar-refractivity contribution in [1.29, 1.82) is 0 Å². The number of piperidine rings is 1. The number of carbonyl (C=O) groups excluding carboxylic acids is 1. The summed E-state index contributed by atoms with van der Waals surface area (Å²) in [5.41, 5.74) is 2.11. The summed E-state index contributed by atoms with van der Waals surface area (Å²) in [6.45, 7) is 9.39. The molecule has 146 valence electrons. The average Bonchev–Trinajstić information content (AvgIpc) is 2.94. The maximum absolute atomic E-state index is 12.6. The Labute approximate surface area is 168 Å². The lowest BCUT2D eigenvalue weighted by atomic mass is 9.92. The van der Waals surface area contributed by atoms with Crippen LogP contribution in [0, 0.1) is 5.92 Å². The number of imidazole rings is 1. The Morgan fingerprint density at radius 2 is 1.96 bits per heavy atom. The van der Waals surface area contributed by atoms with Crippen LogP contribution in [-0.4, -0.2) is 28.0 Å². The molecule has 5 nitrogen and oxygen atoms in total. The molecule has 1 aliphatic heterocycles. The first-order chi connectivity index (χ1) is 11.5. The zero-order valence-electron chi connectivity index (χ0n) is 15.9. The maximum atomic E-state index is 12.6. The molecule has 0 aliphatic carbocycles. The van der Waals surface area contributed by atoms with Gasteiger partial charge in [0.05, 0.1) is 17.1 Å². The number of aromatic nitrogens is 2. The minimum atomic E-state index is -0.0995. The molecule has 2 aromatic rings. The lowest BCUT2D eigenvalue weighted by Crippen LogP contribution is -2.43. The topological polar surface area (TPSA) is 59.0 Å². The fraction of sp³-hybridized carbons (Fsp3) is 0.579. The van der Waals surface area contributed by atoms with Crippen LogP contribution < -0.4 is 10.6 Å². The van der Waals surface area contributed by atoms with E-state index in [-0.39, 0.29) is 42.7 Å². The first kappa shape index (κ1) is 22.7. The molecule has 26 heavy (non-hydrogen) atoms. The molecule has 1 aliphatic rings. The highest BCUT2D eigenvalue weighted by Crippen LogP contribution is 2.25. The molecule has 1 unspecified atom stereocenters. The molecule has 2 heterocycles. The molecule has 0 radical (unpaired) electrons. The van der Waals surface area contributed by atoms with Crippen LogP contribution in [0.2, 0.25) is 0 Å². The number of hydrogen-bond donors (Lipinski definition) is 2. The minimum absolute atomic E-state index is 0. The summed E-state index contributed by atoms with van der Waals surface area (Å²) >= 11 is 0. The monoisotopic (exact) mass is 400 g/mol. The Hall–Kier alpha value is -1.30. The van der Waals surface area contributed by atoms with E-state index < -0.39 is 0 Å². The van der Waals surface area contributed by atoms with Crippen molar-refractivity contribution in [3.8, 4) is 0 Å². The van der Waals surface area contributed by atoms with Crippen molar-refractivity contribution in [3.63, 3.8) is 0 Å². The largest absolute Gasteiger partial charge is 0.346 e. The number of amides is 1. The number of rotatable bonds is 4. The third-order valence-electron chi connectivity index (χ3n) is 4.88. The Bertz CT molecular complexity index is 731. The molecule has 0 saturated carbocycles.